The third-order valence-electron chi connectivity index (χ3n) is 5.89. The van der Waals surface area contributed by atoms with Crippen LogP contribution >= 0.6 is 0 Å². The Morgan fingerprint density at radius 3 is 2.17 bits per heavy atom. The van der Waals surface area contributed by atoms with Gasteiger partial charge in [-0.15, -0.1) is 0 Å². The predicted octanol–water partition coefficient (Wildman–Crippen LogP) is 1.81. The highest BCUT2D eigenvalue weighted by atomic mass is 16.5. The fraction of sp³-hybridized carbons (Fsp3) is 0.545. The highest BCUT2D eigenvalue weighted by Gasteiger charge is 2.51. The molecule has 162 valence electrons. The number of nitrogens with one attached hydrogen (secondary N) is 1. The number of nitrogens with zero attached hydrogens (tertiary/aromatic N) is 1. The molecular formula is C22H28N2O6. The van der Waals surface area contributed by atoms with Crippen molar-refractivity contribution in [3.8, 4) is 5.75 Å². The van der Waals surface area contributed by atoms with E-state index >= 15 is 0 Å². The molecule has 0 spiro atoms. The van der Waals surface area contributed by atoms with Crippen molar-refractivity contribution in [1.29, 1.82) is 0 Å². The fourth-order valence-corrected chi connectivity index (χ4v) is 4.08. The summed E-state index contributed by atoms with van der Waals surface area (Å²) in [7, 11) is 1.57. The van der Waals surface area contributed by atoms with E-state index < -0.39 is 24.0 Å². The molecule has 0 radical (unpaired) electrons. The van der Waals surface area contributed by atoms with Crippen molar-refractivity contribution >= 4 is 23.7 Å². The SMILES string of the molecule is COc1ccc(CNC(=O)[C@@H](C)OC(=O)[C@H](C)N2C(=O)[C@H]3CCCC[C@H]3C2=O)cc1. The van der Waals surface area contributed by atoms with E-state index in [0.29, 0.717) is 18.6 Å². The normalized spacial score (nSPS) is 22.8. The van der Waals surface area contributed by atoms with Crippen LogP contribution in [0.1, 0.15) is 45.1 Å². The van der Waals surface area contributed by atoms with Crippen molar-refractivity contribution < 1.29 is 28.7 Å². The first-order valence-electron chi connectivity index (χ1n) is 10.3. The molecule has 8 nitrogen and oxygen atoms in total. The molecule has 0 unspecified atom stereocenters. The van der Waals surface area contributed by atoms with Gasteiger partial charge in [0, 0.05) is 6.54 Å². The number of esters is 1. The number of likely N-dealkylation sites (tertiary alicyclic amines) is 1. The molecule has 30 heavy (non-hydrogen) atoms. The van der Waals surface area contributed by atoms with Gasteiger partial charge in [-0.05, 0) is 44.4 Å². The van der Waals surface area contributed by atoms with Crippen molar-refractivity contribution in [3.05, 3.63) is 29.8 Å². The van der Waals surface area contributed by atoms with E-state index in [2.05, 4.69) is 5.32 Å². The molecule has 1 aliphatic heterocycles. The lowest BCUT2D eigenvalue weighted by Crippen LogP contribution is -2.46. The van der Waals surface area contributed by atoms with E-state index in [1.165, 1.54) is 13.8 Å². The van der Waals surface area contributed by atoms with Crippen LogP contribution in [0.4, 0.5) is 0 Å². The van der Waals surface area contributed by atoms with Gasteiger partial charge in [0.15, 0.2) is 6.10 Å². The lowest BCUT2D eigenvalue weighted by molar-refractivity contribution is -0.164. The van der Waals surface area contributed by atoms with Gasteiger partial charge in [0.1, 0.15) is 11.8 Å². The minimum atomic E-state index is -1.05. The average molecular weight is 416 g/mol. The van der Waals surface area contributed by atoms with E-state index in [0.717, 1.165) is 23.3 Å². The summed E-state index contributed by atoms with van der Waals surface area (Å²) in [6.45, 7) is 3.20. The molecule has 1 heterocycles. The summed E-state index contributed by atoms with van der Waals surface area (Å²) in [6.07, 6.45) is 2.14. The summed E-state index contributed by atoms with van der Waals surface area (Å²) in [6, 6.07) is 6.17. The second kappa shape index (κ2) is 9.28. The Morgan fingerprint density at radius 2 is 1.63 bits per heavy atom. The summed E-state index contributed by atoms with van der Waals surface area (Å²) < 4.78 is 10.3. The number of carbonyl (C=O) groups excluding carboxylic acids is 4. The largest absolute Gasteiger partial charge is 0.497 e. The van der Waals surface area contributed by atoms with E-state index in [4.69, 9.17) is 9.47 Å². The maximum Gasteiger partial charge on any atom is 0.329 e. The maximum atomic E-state index is 12.6. The Balaban J connectivity index is 1.53. The zero-order valence-corrected chi connectivity index (χ0v) is 17.6. The lowest BCUT2D eigenvalue weighted by atomic mass is 9.81. The quantitative estimate of drug-likeness (QED) is 0.537. The van der Waals surface area contributed by atoms with Crippen LogP contribution < -0.4 is 10.1 Å². The number of rotatable bonds is 7. The van der Waals surface area contributed by atoms with E-state index in [9.17, 15) is 19.2 Å². The smallest absolute Gasteiger partial charge is 0.329 e. The van der Waals surface area contributed by atoms with Gasteiger partial charge in [-0.3, -0.25) is 19.3 Å². The van der Waals surface area contributed by atoms with E-state index in [1.807, 2.05) is 12.1 Å². The molecule has 2 aliphatic rings. The van der Waals surface area contributed by atoms with Gasteiger partial charge in [-0.1, -0.05) is 25.0 Å². The molecule has 1 saturated carbocycles. The minimum Gasteiger partial charge on any atom is -0.497 e. The third kappa shape index (κ3) is 4.47. The third-order valence-corrected chi connectivity index (χ3v) is 5.89. The number of imide groups is 1. The van der Waals surface area contributed by atoms with Crippen molar-refractivity contribution in [1.82, 2.24) is 10.2 Å². The number of hydrogen-bond donors (Lipinski definition) is 1. The van der Waals surface area contributed by atoms with Crippen LogP contribution in [-0.2, 0) is 30.5 Å². The van der Waals surface area contributed by atoms with Crippen LogP contribution in [0.3, 0.4) is 0 Å². The van der Waals surface area contributed by atoms with Gasteiger partial charge in [-0.2, -0.15) is 0 Å². The zero-order chi connectivity index (χ0) is 21.8. The maximum absolute atomic E-state index is 12.6. The number of ether oxygens (including phenoxy) is 2. The molecule has 2 fully saturated rings. The van der Waals surface area contributed by atoms with E-state index in [1.54, 1.807) is 19.2 Å². The van der Waals surface area contributed by atoms with Crippen LogP contribution in [0.25, 0.3) is 0 Å². The van der Waals surface area contributed by atoms with Crippen LogP contribution in [0.2, 0.25) is 0 Å². The summed E-state index contributed by atoms with van der Waals surface area (Å²) in [5.74, 6) is -1.76. The Kier molecular flexibility index (Phi) is 6.74. The summed E-state index contributed by atoms with van der Waals surface area (Å²) in [5.41, 5.74) is 0.868. The molecule has 1 aromatic rings. The Bertz CT molecular complexity index is 797. The number of methoxy groups -OCH3 is 1. The monoisotopic (exact) mass is 416 g/mol. The number of carbonyl (C=O) groups is 4. The van der Waals surface area contributed by atoms with Crippen LogP contribution in [-0.4, -0.2) is 47.8 Å². The summed E-state index contributed by atoms with van der Waals surface area (Å²) >= 11 is 0. The number of benzene rings is 1. The molecule has 3 rings (SSSR count). The molecule has 1 N–H and O–H groups in total. The van der Waals surface area contributed by atoms with Crippen molar-refractivity contribution in [2.24, 2.45) is 11.8 Å². The molecular weight excluding hydrogens is 388 g/mol. The highest BCUT2D eigenvalue weighted by molar-refractivity contribution is 6.07. The topological polar surface area (TPSA) is 102 Å². The average Bonchev–Trinajstić information content (AvgIpc) is 3.02. The van der Waals surface area contributed by atoms with Gasteiger partial charge in [0.2, 0.25) is 11.8 Å². The molecule has 4 atom stereocenters. The summed E-state index contributed by atoms with van der Waals surface area (Å²) in [4.78, 5) is 51.1. The van der Waals surface area contributed by atoms with E-state index in [-0.39, 0.29) is 30.2 Å². The second-order valence-corrected chi connectivity index (χ2v) is 7.86. The van der Waals surface area contributed by atoms with Crippen molar-refractivity contribution in [2.45, 2.75) is 58.2 Å². The molecule has 1 saturated heterocycles. The van der Waals surface area contributed by atoms with Gasteiger partial charge < -0.3 is 14.8 Å². The van der Waals surface area contributed by atoms with Gasteiger partial charge in [0.05, 0.1) is 18.9 Å². The molecule has 1 aromatic carbocycles. The Morgan fingerprint density at radius 1 is 1.07 bits per heavy atom. The Hall–Kier alpha value is -2.90. The zero-order valence-electron chi connectivity index (χ0n) is 17.6. The highest BCUT2D eigenvalue weighted by Crippen LogP contribution is 2.38. The number of hydrogen-bond acceptors (Lipinski definition) is 6. The molecule has 8 heteroatoms. The second-order valence-electron chi connectivity index (χ2n) is 7.86. The molecule has 0 aromatic heterocycles. The van der Waals surface area contributed by atoms with Crippen molar-refractivity contribution in [3.63, 3.8) is 0 Å². The predicted molar refractivity (Wildman–Crippen MR) is 107 cm³/mol. The number of fused-ring (bicyclic) bond motifs is 1. The van der Waals surface area contributed by atoms with Crippen LogP contribution in [0.5, 0.6) is 5.75 Å². The van der Waals surface area contributed by atoms with Gasteiger partial charge >= 0.3 is 5.97 Å². The molecule has 1 aliphatic carbocycles. The minimum absolute atomic E-state index is 0.271. The summed E-state index contributed by atoms with van der Waals surface area (Å²) in [5, 5.41) is 2.70. The Labute approximate surface area is 175 Å². The first-order valence-corrected chi connectivity index (χ1v) is 10.3. The first-order chi connectivity index (χ1) is 14.3. The standard InChI is InChI=1S/C22H28N2O6/c1-13(24-20(26)17-6-4-5-7-18(17)21(24)27)22(28)30-14(2)19(25)23-12-15-8-10-16(29-3)11-9-15/h8-11,13-14,17-18H,4-7,12H2,1-3H3,(H,23,25)/t13-,14+,17-,18+/m0/s1. The van der Waals surface area contributed by atoms with Crippen molar-refractivity contribution in [2.75, 3.05) is 7.11 Å². The molecule has 3 amide bonds. The van der Waals surface area contributed by atoms with Gasteiger partial charge in [-0.25, -0.2) is 4.79 Å². The van der Waals surface area contributed by atoms with Gasteiger partial charge in [0.25, 0.3) is 5.91 Å². The van der Waals surface area contributed by atoms with Crippen LogP contribution in [0, 0.1) is 11.8 Å². The number of amides is 3. The fourth-order valence-electron chi connectivity index (χ4n) is 4.08. The lowest BCUT2D eigenvalue weighted by Gasteiger charge is -2.23. The van der Waals surface area contributed by atoms with Crippen LogP contribution in [0.15, 0.2) is 24.3 Å². The molecule has 0 bridgehead atoms. The first kappa shape index (κ1) is 21.8.